The minimum absolute atomic E-state index is 0.0956. The quantitative estimate of drug-likeness (QED) is 0.248. The van der Waals surface area contributed by atoms with Gasteiger partial charge >= 0.3 is 21.6 Å². The van der Waals surface area contributed by atoms with Gasteiger partial charge in [-0.25, -0.2) is 4.79 Å². The highest BCUT2D eigenvalue weighted by Crippen LogP contribution is 2.27. The minimum atomic E-state index is -5.81. The molecule has 0 bridgehead atoms. The summed E-state index contributed by atoms with van der Waals surface area (Å²) in [7, 11) is -5.81. The molecule has 0 unspecified atom stereocenters. The molecule has 1 aromatic carbocycles. The van der Waals surface area contributed by atoms with Crippen LogP contribution in [0.25, 0.3) is 0 Å². The molecule has 0 saturated carbocycles. The van der Waals surface area contributed by atoms with Crippen molar-refractivity contribution in [1.29, 1.82) is 0 Å². The summed E-state index contributed by atoms with van der Waals surface area (Å²) in [6, 6.07) is 8.59. The van der Waals surface area contributed by atoms with Crippen molar-refractivity contribution in [2.45, 2.75) is 31.9 Å². The molecule has 5 nitrogen and oxygen atoms in total. The van der Waals surface area contributed by atoms with E-state index in [4.69, 9.17) is 4.74 Å². The second-order valence-corrected chi connectivity index (χ2v) is 5.97. The predicted octanol–water partition coefficient (Wildman–Crippen LogP) is 3.28. The summed E-state index contributed by atoms with van der Waals surface area (Å²) in [4.78, 5) is 11.6. The normalized spacial score (nSPS) is 12.8. The van der Waals surface area contributed by atoms with Gasteiger partial charge in [-0.05, 0) is 12.0 Å². The average molecular weight is 352 g/mol. The molecule has 9 heteroatoms. The lowest BCUT2D eigenvalue weighted by Crippen LogP contribution is -2.25. The zero-order chi connectivity index (χ0) is 17.5. The van der Waals surface area contributed by atoms with Crippen LogP contribution in [0.4, 0.5) is 13.2 Å². The lowest BCUT2D eigenvalue weighted by Gasteiger charge is -2.11. The summed E-state index contributed by atoms with van der Waals surface area (Å²) >= 11 is 0. The highest BCUT2D eigenvalue weighted by Gasteiger charge is 2.48. The first-order chi connectivity index (χ1) is 10.7. The molecule has 1 rings (SSSR count). The second kappa shape index (κ2) is 8.00. The van der Waals surface area contributed by atoms with Gasteiger partial charge in [-0.1, -0.05) is 37.3 Å². The van der Waals surface area contributed by atoms with Gasteiger partial charge < -0.3 is 8.92 Å². The van der Waals surface area contributed by atoms with E-state index < -0.39 is 27.4 Å². The van der Waals surface area contributed by atoms with Gasteiger partial charge in [0.2, 0.25) is 0 Å². The van der Waals surface area contributed by atoms with Crippen molar-refractivity contribution in [3.8, 4) is 0 Å². The Morgan fingerprint density at radius 1 is 1.22 bits per heavy atom. The number of benzene rings is 1. The van der Waals surface area contributed by atoms with Crippen molar-refractivity contribution >= 4 is 16.1 Å². The third-order valence-electron chi connectivity index (χ3n) is 2.50. The molecule has 0 spiro atoms. The Hall–Kier alpha value is -2.03. The van der Waals surface area contributed by atoms with Crippen molar-refractivity contribution in [2.24, 2.45) is 0 Å². The van der Waals surface area contributed by atoms with E-state index in [0.717, 1.165) is 0 Å². The highest BCUT2D eigenvalue weighted by atomic mass is 32.2. The molecule has 0 aromatic heterocycles. The molecule has 0 N–H and O–H groups in total. The molecule has 0 radical (unpaired) electrons. The SMILES string of the molecule is CCC/C(=C\C(=O)OCc1ccccc1)OS(=O)(=O)C(F)(F)F. The van der Waals surface area contributed by atoms with Gasteiger partial charge in [-0.2, -0.15) is 21.6 Å². The molecule has 128 valence electrons. The Bertz CT molecular complexity index is 651. The van der Waals surface area contributed by atoms with Crippen LogP contribution in [0.5, 0.6) is 0 Å². The summed E-state index contributed by atoms with van der Waals surface area (Å²) in [5, 5.41) is 0. The first kappa shape index (κ1) is 19.0. The number of alkyl halides is 3. The predicted molar refractivity (Wildman–Crippen MR) is 75.3 cm³/mol. The standard InChI is InChI=1S/C14H15F3O5S/c1-2-6-12(22-23(19,20)14(15,16)17)9-13(18)21-10-11-7-4-3-5-8-11/h3-5,7-9H,2,6,10H2,1H3/b12-9+. The average Bonchev–Trinajstić information content (AvgIpc) is 2.45. The Kier molecular flexibility index (Phi) is 6.62. The van der Waals surface area contributed by atoms with Crippen LogP contribution in [-0.2, 0) is 30.4 Å². The maximum absolute atomic E-state index is 12.3. The maximum Gasteiger partial charge on any atom is 0.534 e. The van der Waals surface area contributed by atoms with Gasteiger partial charge in [0.25, 0.3) is 0 Å². The van der Waals surface area contributed by atoms with Crippen LogP contribution in [0.1, 0.15) is 25.3 Å². The third-order valence-corrected chi connectivity index (χ3v) is 3.50. The van der Waals surface area contributed by atoms with Crippen molar-refractivity contribution in [3.63, 3.8) is 0 Å². The molecule has 23 heavy (non-hydrogen) atoms. The Morgan fingerprint density at radius 3 is 2.35 bits per heavy atom. The van der Waals surface area contributed by atoms with E-state index in [2.05, 4.69) is 4.18 Å². The number of carbonyl (C=O) groups excluding carboxylic acids is 1. The highest BCUT2D eigenvalue weighted by molar-refractivity contribution is 7.87. The largest absolute Gasteiger partial charge is 0.534 e. The first-order valence-corrected chi connectivity index (χ1v) is 7.98. The summed E-state index contributed by atoms with van der Waals surface area (Å²) in [5.41, 5.74) is -4.89. The number of allylic oxidation sites excluding steroid dienone is 1. The maximum atomic E-state index is 12.3. The van der Waals surface area contributed by atoms with Crippen LogP contribution >= 0.6 is 0 Å². The van der Waals surface area contributed by atoms with Crippen molar-refractivity contribution in [2.75, 3.05) is 0 Å². The molecule has 0 aliphatic rings. The van der Waals surface area contributed by atoms with E-state index in [-0.39, 0.29) is 19.4 Å². The summed E-state index contributed by atoms with van der Waals surface area (Å²) < 4.78 is 67.6. The van der Waals surface area contributed by atoms with Crippen LogP contribution in [-0.4, -0.2) is 19.9 Å². The smallest absolute Gasteiger partial charge is 0.458 e. The van der Waals surface area contributed by atoms with Gasteiger partial charge in [0.1, 0.15) is 12.4 Å². The number of rotatable bonds is 7. The molecule has 0 heterocycles. The molecule has 0 amide bonds. The fourth-order valence-electron chi connectivity index (χ4n) is 1.47. The number of ether oxygens (including phenoxy) is 1. The molecule has 0 aliphatic carbocycles. The monoisotopic (exact) mass is 352 g/mol. The van der Waals surface area contributed by atoms with E-state index in [9.17, 15) is 26.4 Å². The molecule has 0 atom stereocenters. The summed E-state index contributed by atoms with van der Waals surface area (Å²) in [6.07, 6.45) is 0.733. The van der Waals surface area contributed by atoms with Crippen LogP contribution < -0.4 is 0 Å². The Balaban J connectivity index is 2.76. The van der Waals surface area contributed by atoms with E-state index in [0.29, 0.717) is 11.6 Å². The molecular formula is C14H15F3O5S. The number of esters is 1. The second-order valence-electron chi connectivity index (χ2n) is 4.44. The van der Waals surface area contributed by atoms with Crippen LogP contribution in [0.15, 0.2) is 42.2 Å². The number of halogens is 3. The lowest BCUT2D eigenvalue weighted by atomic mass is 10.2. The van der Waals surface area contributed by atoms with Gasteiger partial charge in [-0.3, -0.25) is 0 Å². The Morgan fingerprint density at radius 2 is 1.83 bits per heavy atom. The van der Waals surface area contributed by atoms with Crippen LogP contribution in [0, 0.1) is 0 Å². The zero-order valence-electron chi connectivity index (χ0n) is 12.2. The van der Waals surface area contributed by atoms with Crippen molar-refractivity contribution in [3.05, 3.63) is 47.7 Å². The summed E-state index contributed by atoms with van der Waals surface area (Å²) in [6.45, 7) is 1.49. The van der Waals surface area contributed by atoms with Gasteiger partial charge in [-0.15, -0.1) is 0 Å². The number of hydrogen-bond donors (Lipinski definition) is 0. The van der Waals surface area contributed by atoms with Gasteiger partial charge in [0, 0.05) is 6.42 Å². The van der Waals surface area contributed by atoms with Crippen molar-refractivity contribution in [1.82, 2.24) is 0 Å². The molecule has 0 saturated heterocycles. The van der Waals surface area contributed by atoms with E-state index in [1.165, 1.54) is 0 Å². The van der Waals surface area contributed by atoms with Gasteiger partial charge in [0.15, 0.2) is 0 Å². The molecular weight excluding hydrogens is 337 g/mol. The van der Waals surface area contributed by atoms with Gasteiger partial charge in [0.05, 0.1) is 6.08 Å². The van der Waals surface area contributed by atoms with E-state index in [1.54, 1.807) is 37.3 Å². The Labute approximate surface area is 131 Å². The van der Waals surface area contributed by atoms with E-state index >= 15 is 0 Å². The molecule has 0 aliphatic heterocycles. The lowest BCUT2D eigenvalue weighted by molar-refractivity contribution is -0.139. The first-order valence-electron chi connectivity index (χ1n) is 6.57. The van der Waals surface area contributed by atoms with Crippen molar-refractivity contribution < 1.29 is 35.3 Å². The minimum Gasteiger partial charge on any atom is -0.458 e. The third kappa shape index (κ3) is 6.31. The van der Waals surface area contributed by atoms with Crippen LogP contribution in [0.3, 0.4) is 0 Å². The number of hydrogen-bond acceptors (Lipinski definition) is 5. The number of carbonyl (C=O) groups is 1. The fraction of sp³-hybridized carbons (Fsp3) is 0.357. The van der Waals surface area contributed by atoms with E-state index in [1.807, 2.05) is 0 Å². The topological polar surface area (TPSA) is 69.7 Å². The zero-order valence-corrected chi connectivity index (χ0v) is 13.0. The molecule has 1 aromatic rings. The summed E-state index contributed by atoms with van der Waals surface area (Å²) in [5.74, 6) is -1.61. The van der Waals surface area contributed by atoms with Crippen LogP contribution in [0.2, 0.25) is 0 Å². The fourth-order valence-corrected chi connectivity index (χ4v) is 1.98. The molecule has 0 fully saturated rings.